The van der Waals surface area contributed by atoms with E-state index in [4.69, 9.17) is 0 Å². The molecule has 3 aromatic rings. The molecule has 5 rings (SSSR count). The Hall–Kier alpha value is -2.96. The average molecular weight is 489 g/mol. The molecule has 0 saturated carbocycles. The van der Waals surface area contributed by atoms with Gasteiger partial charge in [-0.25, -0.2) is 8.42 Å². The quantitative estimate of drug-likeness (QED) is 0.494. The fourth-order valence-corrected chi connectivity index (χ4v) is 7.27. The summed E-state index contributed by atoms with van der Waals surface area (Å²) in [7, 11) is -3.74. The minimum Gasteiger partial charge on any atom is -0.342 e. The highest BCUT2D eigenvalue weighted by Gasteiger charge is 2.41. The molecule has 2 aliphatic rings. The van der Waals surface area contributed by atoms with Gasteiger partial charge in [-0.1, -0.05) is 78.9 Å². The maximum absolute atomic E-state index is 13.7. The van der Waals surface area contributed by atoms with Gasteiger partial charge in [0.15, 0.2) is 0 Å². The number of amides is 1. The van der Waals surface area contributed by atoms with Crippen LogP contribution in [0.3, 0.4) is 0 Å². The van der Waals surface area contributed by atoms with Crippen molar-refractivity contribution in [1.82, 2.24) is 9.21 Å². The van der Waals surface area contributed by atoms with Crippen LogP contribution in [0.15, 0.2) is 95.9 Å². The summed E-state index contributed by atoms with van der Waals surface area (Å²) in [6, 6.07) is 28.6. The Bertz CT molecular complexity index is 1220. The second kappa shape index (κ2) is 10.3. The van der Waals surface area contributed by atoms with Crippen LogP contribution in [-0.2, 0) is 14.8 Å². The number of rotatable bonds is 5. The number of sulfonamides is 1. The van der Waals surface area contributed by atoms with Crippen molar-refractivity contribution < 1.29 is 13.2 Å². The van der Waals surface area contributed by atoms with E-state index in [1.54, 1.807) is 28.6 Å². The van der Waals surface area contributed by atoms with Crippen molar-refractivity contribution in [2.45, 2.75) is 42.5 Å². The van der Waals surface area contributed by atoms with Gasteiger partial charge >= 0.3 is 0 Å². The molecule has 0 N–H and O–H groups in total. The van der Waals surface area contributed by atoms with E-state index in [9.17, 15) is 13.2 Å². The first-order chi connectivity index (χ1) is 17.0. The predicted molar refractivity (Wildman–Crippen MR) is 137 cm³/mol. The highest BCUT2D eigenvalue weighted by molar-refractivity contribution is 7.89. The van der Waals surface area contributed by atoms with E-state index in [-0.39, 0.29) is 29.3 Å². The molecule has 3 aromatic carbocycles. The summed E-state index contributed by atoms with van der Waals surface area (Å²) in [4.78, 5) is 15.8. The summed E-state index contributed by atoms with van der Waals surface area (Å²) in [6.07, 6.45) is 3.22. The molecule has 0 radical (unpaired) electrons. The molecule has 2 heterocycles. The molecule has 0 spiro atoms. The number of carbonyl (C=O) groups excluding carboxylic acids is 1. The van der Waals surface area contributed by atoms with Crippen LogP contribution in [-0.4, -0.2) is 43.2 Å². The lowest BCUT2D eigenvalue weighted by molar-refractivity contribution is -0.138. The Balaban J connectivity index is 1.34. The zero-order valence-corrected chi connectivity index (χ0v) is 20.7. The summed E-state index contributed by atoms with van der Waals surface area (Å²) >= 11 is 0. The van der Waals surface area contributed by atoms with Gasteiger partial charge in [-0.2, -0.15) is 4.31 Å². The van der Waals surface area contributed by atoms with Gasteiger partial charge in [0, 0.05) is 19.6 Å². The van der Waals surface area contributed by atoms with Gasteiger partial charge in [0.1, 0.15) is 0 Å². The Morgan fingerprint density at radius 3 is 1.83 bits per heavy atom. The van der Waals surface area contributed by atoms with E-state index in [1.807, 2.05) is 47.4 Å². The van der Waals surface area contributed by atoms with Gasteiger partial charge in [-0.3, -0.25) is 4.79 Å². The molecule has 35 heavy (non-hydrogen) atoms. The van der Waals surface area contributed by atoms with E-state index < -0.39 is 10.0 Å². The first kappa shape index (κ1) is 23.8. The molecule has 0 aliphatic carbocycles. The fraction of sp³-hybridized carbons (Fsp3) is 0.345. The van der Waals surface area contributed by atoms with Crippen LogP contribution < -0.4 is 0 Å². The third-order valence-corrected chi connectivity index (χ3v) is 9.39. The molecule has 182 valence electrons. The molecule has 0 aromatic heterocycles. The van der Waals surface area contributed by atoms with Gasteiger partial charge in [0.25, 0.3) is 0 Å². The van der Waals surface area contributed by atoms with Gasteiger partial charge in [-0.05, 0) is 54.9 Å². The molecule has 2 fully saturated rings. The van der Waals surface area contributed by atoms with E-state index in [0.717, 1.165) is 31.5 Å². The summed E-state index contributed by atoms with van der Waals surface area (Å²) in [6.45, 7) is 1.67. The first-order valence-electron chi connectivity index (χ1n) is 12.5. The normalized spacial score (nSPS) is 22.1. The van der Waals surface area contributed by atoms with Crippen molar-refractivity contribution in [3.8, 4) is 0 Å². The lowest BCUT2D eigenvalue weighted by atomic mass is 9.87. The standard InChI is InChI=1S/C29H32N2O3S/c32-29(30-20-18-24(19-21-30)23-10-4-1-5-11-23)26-16-17-28(25-12-6-2-7-13-25)31(22-26)35(33,34)27-14-8-3-9-15-27/h1-15,24,26,28H,16-22H2/t26-,28-/m1/s1. The summed E-state index contributed by atoms with van der Waals surface area (Å²) in [5.74, 6) is 0.252. The van der Waals surface area contributed by atoms with E-state index in [1.165, 1.54) is 5.56 Å². The van der Waals surface area contributed by atoms with Gasteiger partial charge < -0.3 is 4.90 Å². The molecule has 0 unspecified atom stereocenters. The van der Waals surface area contributed by atoms with Gasteiger partial charge in [0.2, 0.25) is 15.9 Å². The number of hydrogen-bond acceptors (Lipinski definition) is 3. The Labute approximate surface area is 208 Å². The van der Waals surface area contributed by atoms with Crippen LogP contribution in [0.5, 0.6) is 0 Å². The Morgan fingerprint density at radius 2 is 1.23 bits per heavy atom. The second-order valence-electron chi connectivity index (χ2n) is 9.60. The van der Waals surface area contributed by atoms with Crippen molar-refractivity contribution in [2.24, 2.45) is 5.92 Å². The van der Waals surface area contributed by atoms with Crippen LogP contribution in [0.1, 0.15) is 48.8 Å². The van der Waals surface area contributed by atoms with Crippen molar-refractivity contribution >= 4 is 15.9 Å². The number of piperidine rings is 2. The minimum atomic E-state index is -3.74. The van der Waals surface area contributed by atoms with Crippen LogP contribution in [0.4, 0.5) is 0 Å². The van der Waals surface area contributed by atoms with Crippen LogP contribution in [0.25, 0.3) is 0 Å². The molecule has 2 aliphatic heterocycles. The Kier molecular flexibility index (Phi) is 7.02. The molecule has 2 atom stereocenters. The van der Waals surface area contributed by atoms with E-state index in [0.29, 0.717) is 18.8 Å². The molecule has 0 bridgehead atoms. The maximum atomic E-state index is 13.7. The summed E-state index contributed by atoms with van der Waals surface area (Å²) in [5.41, 5.74) is 2.31. The molecule has 1 amide bonds. The van der Waals surface area contributed by atoms with Crippen LogP contribution in [0, 0.1) is 5.92 Å². The minimum absolute atomic E-state index is 0.0938. The lowest BCUT2D eigenvalue weighted by Gasteiger charge is -2.41. The van der Waals surface area contributed by atoms with Crippen molar-refractivity contribution in [3.63, 3.8) is 0 Å². The number of nitrogens with zero attached hydrogens (tertiary/aromatic N) is 2. The summed E-state index contributed by atoms with van der Waals surface area (Å²) in [5, 5.41) is 0. The molecule has 2 saturated heterocycles. The van der Waals surface area contributed by atoms with Crippen molar-refractivity contribution in [3.05, 3.63) is 102 Å². The number of carbonyl (C=O) groups is 1. The van der Waals surface area contributed by atoms with Crippen LogP contribution in [0.2, 0.25) is 0 Å². The molecular formula is C29H32N2O3S. The number of hydrogen-bond donors (Lipinski definition) is 0. The predicted octanol–water partition coefficient (Wildman–Crippen LogP) is 5.23. The number of benzene rings is 3. The zero-order valence-electron chi connectivity index (χ0n) is 19.9. The second-order valence-corrected chi connectivity index (χ2v) is 11.5. The summed E-state index contributed by atoms with van der Waals surface area (Å²) < 4.78 is 29.0. The SMILES string of the molecule is O=C([C@@H]1CC[C@H](c2ccccc2)N(S(=O)(=O)c2ccccc2)C1)N1CCC(c2ccccc2)CC1. The third-order valence-electron chi connectivity index (χ3n) is 7.50. The molecule has 6 heteroatoms. The van der Waals surface area contributed by atoms with E-state index in [2.05, 4.69) is 24.3 Å². The fourth-order valence-electron chi connectivity index (χ4n) is 5.56. The van der Waals surface area contributed by atoms with Gasteiger partial charge in [0.05, 0.1) is 16.9 Å². The molecular weight excluding hydrogens is 456 g/mol. The highest BCUT2D eigenvalue weighted by atomic mass is 32.2. The average Bonchev–Trinajstić information content (AvgIpc) is 2.94. The maximum Gasteiger partial charge on any atom is 0.243 e. The first-order valence-corrected chi connectivity index (χ1v) is 13.9. The lowest BCUT2D eigenvalue weighted by Crippen LogP contribution is -2.49. The largest absolute Gasteiger partial charge is 0.342 e. The topological polar surface area (TPSA) is 57.7 Å². The monoisotopic (exact) mass is 488 g/mol. The van der Waals surface area contributed by atoms with Gasteiger partial charge in [-0.15, -0.1) is 0 Å². The van der Waals surface area contributed by atoms with E-state index >= 15 is 0 Å². The molecule has 5 nitrogen and oxygen atoms in total. The van der Waals surface area contributed by atoms with Crippen molar-refractivity contribution in [1.29, 1.82) is 0 Å². The Morgan fingerprint density at radius 1 is 0.686 bits per heavy atom. The highest BCUT2D eigenvalue weighted by Crippen LogP contribution is 2.38. The zero-order chi connectivity index (χ0) is 24.3. The number of likely N-dealkylation sites (tertiary alicyclic amines) is 1. The van der Waals surface area contributed by atoms with Crippen LogP contribution >= 0.6 is 0 Å². The smallest absolute Gasteiger partial charge is 0.243 e. The van der Waals surface area contributed by atoms with Crippen molar-refractivity contribution in [2.75, 3.05) is 19.6 Å². The third kappa shape index (κ3) is 5.04.